The van der Waals surface area contributed by atoms with Crippen molar-refractivity contribution in [3.8, 4) is 0 Å². The van der Waals surface area contributed by atoms with Crippen molar-refractivity contribution in [2.45, 2.75) is 25.6 Å². The van der Waals surface area contributed by atoms with Crippen LogP contribution < -0.4 is 0 Å². The van der Waals surface area contributed by atoms with Crippen molar-refractivity contribution < 1.29 is 17.9 Å². The van der Waals surface area contributed by atoms with Gasteiger partial charge in [-0.3, -0.25) is 0 Å². The monoisotopic (exact) mass is 262 g/mol. The molecule has 1 aromatic rings. The van der Waals surface area contributed by atoms with E-state index >= 15 is 0 Å². The molecule has 1 fully saturated rings. The maximum atomic E-state index is 12.9. The van der Waals surface area contributed by atoms with Crippen molar-refractivity contribution in [3.63, 3.8) is 0 Å². The van der Waals surface area contributed by atoms with Crippen LogP contribution in [-0.2, 0) is 11.3 Å². The van der Waals surface area contributed by atoms with Crippen LogP contribution in [0.15, 0.2) is 12.1 Å². The topological polar surface area (TPSA) is 9.23 Å². The number of hydrogen-bond donors (Lipinski definition) is 1. The normalized spacial score (nSPS) is 23.5. The lowest BCUT2D eigenvalue weighted by molar-refractivity contribution is -0.0341. The molecule has 5 heteroatoms. The zero-order valence-electron chi connectivity index (χ0n) is 9.13. The average molecular weight is 262 g/mol. The van der Waals surface area contributed by atoms with Gasteiger partial charge in [-0.05, 0) is 42.2 Å². The summed E-state index contributed by atoms with van der Waals surface area (Å²) in [4.78, 5) is 0. The predicted octanol–water partition coefficient (Wildman–Crippen LogP) is 3.33. The summed E-state index contributed by atoms with van der Waals surface area (Å²) in [6, 6.07) is 1.93. The molecule has 0 aromatic heterocycles. The first kappa shape index (κ1) is 12.8. The van der Waals surface area contributed by atoms with Crippen molar-refractivity contribution >= 4 is 12.6 Å². The lowest BCUT2D eigenvalue weighted by Gasteiger charge is -2.34. The minimum atomic E-state index is -1.44. The molecule has 0 unspecified atom stereocenters. The Hall–Kier alpha value is -0.680. The molecule has 0 amide bonds. The Morgan fingerprint density at radius 1 is 1.18 bits per heavy atom. The number of rotatable bonds is 4. The van der Waals surface area contributed by atoms with Crippen molar-refractivity contribution in [1.29, 1.82) is 0 Å². The van der Waals surface area contributed by atoms with Crippen LogP contribution in [0.25, 0.3) is 0 Å². The molecule has 0 saturated heterocycles. The van der Waals surface area contributed by atoms with Crippen LogP contribution in [-0.4, -0.2) is 11.9 Å². The zero-order valence-corrected chi connectivity index (χ0v) is 10.0. The van der Waals surface area contributed by atoms with Crippen LogP contribution in [0.5, 0.6) is 0 Å². The second-order valence-electron chi connectivity index (χ2n) is 4.33. The first-order valence-electron chi connectivity index (χ1n) is 5.46. The van der Waals surface area contributed by atoms with Crippen molar-refractivity contribution in [2.75, 3.05) is 5.75 Å². The molecular weight excluding hydrogens is 249 g/mol. The summed E-state index contributed by atoms with van der Waals surface area (Å²) < 4.78 is 43.9. The van der Waals surface area contributed by atoms with E-state index in [-0.39, 0.29) is 12.7 Å². The molecule has 1 saturated carbocycles. The van der Waals surface area contributed by atoms with Crippen LogP contribution in [0.2, 0.25) is 0 Å². The third kappa shape index (κ3) is 2.96. The number of hydrogen-bond acceptors (Lipinski definition) is 2. The molecule has 17 heavy (non-hydrogen) atoms. The van der Waals surface area contributed by atoms with E-state index in [4.69, 9.17) is 4.74 Å². The van der Waals surface area contributed by atoms with Crippen molar-refractivity contribution in [1.82, 2.24) is 0 Å². The van der Waals surface area contributed by atoms with Gasteiger partial charge < -0.3 is 4.74 Å². The van der Waals surface area contributed by atoms with Gasteiger partial charge in [0.1, 0.15) is 0 Å². The average Bonchev–Trinajstić information content (AvgIpc) is 2.24. The fourth-order valence-electron chi connectivity index (χ4n) is 1.87. The molecule has 1 nitrogen and oxygen atoms in total. The largest absolute Gasteiger partial charge is 0.374 e. The number of thiol groups is 1. The van der Waals surface area contributed by atoms with Gasteiger partial charge in [-0.15, -0.1) is 0 Å². The molecule has 0 heterocycles. The Bertz CT molecular complexity index is 382. The molecule has 1 aromatic carbocycles. The van der Waals surface area contributed by atoms with E-state index in [2.05, 4.69) is 12.6 Å². The standard InChI is InChI=1S/C12H13F3OS/c13-10-3-7(4-11(14)12(10)15)5-16-9-1-8(2-9)6-17/h3-4,8-9,17H,1-2,5-6H2. The fourth-order valence-corrected chi connectivity index (χ4v) is 2.16. The molecule has 94 valence electrons. The second kappa shape index (κ2) is 5.31. The summed E-state index contributed by atoms with van der Waals surface area (Å²) in [6.07, 6.45) is 1.98. The number of halogens is 3. The molecule has 0 aliphatic heterocycles. The van der Waals surface area contributed by atoms with Gasteiger partial charge in [-0.2, -0.15) is 12.6 Å². The van der Waals surface area contributed by atoms with E-state index in [1.54, 1.807) is 0 Å². The Labute approximate surface area is 103 Å². The Kier molecular flexibility index (Phi) is 3.99. The molecule has 0 spiro atoms. The van der Waals surface area contributed by atoms with Gasteiger partial charge in [0.25, 0.3) is 0 Å². The van der Waals surface area contributed by atoms with Gasteiger partial charge >= 0.3 is 0 Å². The van der Waals surface area contributed by atoms with E-state index < -0.39 is 17.5 Å². The molecule has 1 aliphatic rings. The third-order valence-corrected chi connectivity index (χ3v) is 3.50. The highest BCUT2D eigenvalue weighted by atomic mass is 32.1. The van der Waals surface area contributed by atoms with Crippen LogP contribution in [0.3, 0.4) is 0 Å². The van der Waals surface area contributed by atoms with E-state index in [1.165, 1.54) is 0 Å². The maximum absolute atomic E-state index is 12.9. The summed E-state index contributed by atoms with van der Waals surface area (Å²) >= 11 is 4.17. The van der Waals surface area contributed by atoms with Gasteiger partial charge in [0.15, 0.2) is 17.5 Å². The molecule has 0 N–H and O–H groups in total. The Balaban J connectivity index is 1.88. The minimum Gasteiger partial charge on any atom is -0.374 e. The third-order valence-electron chi connectivity index (χ3n) is 2.98. The zero-order chi connectivity index (χ0) is 12.4. The van der Waals surface area contributed by atoms with E-state index in [9.17, 15) is 13.2 Å². The highest BCUT2D eigenvalue weighted by Crippen LogP contribution is 2.31. The molecule has 0 atom stereocenters. The van der Waals surface area contributed by atoms with E-state index in [0.29, 0.717) is 11.5 Å². The maximum Gasteiger partial charge on any atom is 0.194 e. The van der Waals surface area contributed by atoms with Gasteiger partial charge in [-0.25, -0.2) is 13.2 Å². The van der Waals surface area contributed by atoms with Crippen molar-refractivity contribution in [3.05, 3.63) is 35.1 Å². The predicted molar refractivity (Wildman–Crippen MR) is 61.5 cm³/mol. The minimum absolute atomic E-state index is 0.109. The molecule has 0 bridgehead atoms. The second-order valence-corrected chi connectivity index (χ2v) is 4.69. The van der Waals surface area contributed by atoms with Crippen LogP contribution in [0, 0.1) is 23.4 Å². The number of ether oxygens (including phenoxy) is 1. The molecule has 0 radical (unpaired) electrons. The Morgan fingerprint density at radius 2 is 1.76 bits per heavy atom. The molecule has 2 rings (SSSR count). The van der Waals surface area contributed by atoms with Gasteiger partial charge in [-0.1, -0.05) is 0 Å². The Morgan fingerprint density at radius 3 is 2.29 bits per heavy atom. The number of benzene rings is 1. The fraction of sp³-hybridized carbons (Fsp3) is 0.500. The molecule has 1 aliphatic carbocycles. The quantitative estimate of drug-likeness (QED) is 0.647. The SMILES string of the molecule is Fc1cc(COC2CC(CS)C2)cc(F)c1F. The van der Waals surface area contributed by atoms with Crippen LogP contribution in [0.1, 0.15) is 18.4 Å². The van der Waals surface area contributed by atoms with E-state index in [0.717, 1.165) is 30.7 Å². The van der Waals surface area contributed by atoms with Gasteiger partial charge in [0.2, 0.25) is 0 Å². The van der Waals surface area contributed by atoms with E-state index in [1.807, 2.05) is 0 Å². The van der Waals surface area contributed by atoms with Gasteiger partial charge in [0, 0.05) is 0 Å². The van der Waals surface area contributed by atoms with Crippen molar-refractivity contribution in [2.24, 2.45) is 5.92 Å². The lowest BCUT2D eigenvalue weighted by atomic mass is 9.84. The smallest absolute Gasteiger partial charge is 0.194 e. The highest BCUT2D eigenvalue weighted by molar-refractivity contribution is 7.80. The first-order valence-corrected chi connectivity index (χ1v) is 6.09. The van der Waals surface area contributed by atoms with Gasteiger partial charge in [0.05, 0.1) is 12.7 Å². The summed E-state index contributed by atoms with van der Waals surface area (Å²) in [7, 11) is 0. The molecular formula is C12H13F3OS. The lowest BCUT2D eigenvalue weighted by Crippen LogP contribution is -2.32. The summed E-state index contributed by atoms with van der Waals surface area (Å²) in [5.41, 5.74) is 0.315. The highest BCUT2D eigenvalue weighted by Gasteiger charge is 2.28. The summed E-state index contributed by atoms with van der Waals surface area (Å²) in [5, 5.41) is 0. The summed E-state index contributed by atoms with van der Waals surface area (Å²) in [5.74, 6) is -2.38. The van der Waals surface area contributed by atoms with Crippen LogP contribution in [0.4, 0.5) is 13.2 Å². The summed E-state index contributed by atoms with van der Waals surface area (Å²) in [6.45, 7) is 0.109. The van der Waals surface area contributed by atoms with Crippen LogP contribution >= 0.6 is 12.6 Å². The first-order chi connectivity index (χ1) is 8.10.